The summed E-state index contributed by atoms with van der Waals surface area (Å²) in [5, 5.41) is 28.5. The maximum atomic E-state index is 13.3. The summed E-state index contributed by atoms with van der Waals surface area (Å²) < 4.78 is 19.8. The van der Waals surface area contributed by atoms with E-state index < -0.39 is 58.5 Å². The van der Waals surface area contributed by atoms with Gasteiger partial charge in [0, 0.05) is 6.07 Å². The lowest BCUT2D eigenvalue weighted by Gasteiger charge is -2.11. The summed E-state index contributed by atoms with van der Waals surface area (Å²) in [4.78, 5) is 47.6. The van der Waals surface area contributed by atoms with E-state index >= 15 is 0 Å². The fraction of sp³-hybridized carbons (Fsp3) is 0.421. The quantitative estimate of drug-likeness (QED) is 0.234. The van der Waals surface area contributed by atoms with E-state index in [-0.39, 0.29) is 17.2 Å². The highest BCUT2D eigenvalue weighted by molar-refractivity contribution is 6.11. The summed E-state index contributed by atoms with van der Waals surface area (Å²) in [7, 11) is 2.56. The molecule has 1 aromatic carbocycles. The molecule has 1 atom stereocenters. The van der Waals surface area contributed by atoms with Gasteiger partial charge < -0.3 is 24.1 Å². The first-order valence-electron chi connectivity index (χ1n) is 9.46. The second-order valence-corrected chi connectivity index (χ2v) is 6.89. The van der Waals surface area contributed by atoms with E-state index in [0.717, 1.165) is 16.9 Å². The van der Waals surface area contributed by atoms with Gasteiger partial charge in [0.05, 0.1) is 31.1 Å². The number of hydrogen-bond donors (Lipinski definition) is 1. The fourth-order valence-corrected chi connectivity index (χ4v) is 2.68. The third-order valence-electron chi connectivity index (χ3n) is 4.30. The first-order valence-corrected chi connectivity index (χ1v) is 9.46. The van der Waals surface area contributed by atoms with Gasteiger partial charge in [-0.15, -0.1) is 9.90 Å². The summed E-state index contributed by atoms with van der Waals surface area (Å²) in [6, 6.07) is 2.11. The van der Waals surface area contributed by atoms with Crippen LogP contribution in [0.1, 0.15) is 48.6 Å². The number of carbonyl (C=O) groups is 3. The van der Waals surface area contributed by atoms with Crippen molar-refractivity contribution in [1.82, 2.24) is 15.0 Å². The van der Waals surface area contributed by atoms with Crippen molar-refractivity contribution in [2.24, 2.45) is 5.92 Å². The van der Waals surface area contributed by atoms with Crippen LogP contribution in [0.25, 0.3) is 0 Å². The van der Waals surface area contributed by atoms with Crippen molar-refractivity contribution >= 4 is 23.6 Å². The SMILES string of the molecule is COc1cc(C(=O)c2nn(COC(=O)C(C)C)nc2C(C)OC(=O)O)c([N+](=O)[O-])cc1OC. The molecule has 1 heterocycles. The minimum absolute atomic E-state index is 0.0211. The number of carboxylic acid groups (broad SMARTS) is 1. The smallest absolute Gasteiger partial charge is 0.493 e. The standard InChI is InChI=1S/C19H22N4O10/c1-9(2)18(25)32-8-22-20-15(10(3)33-19(26)27)16(21-22)17(24)11-6-13(30-4)14(31-5)7-12(11)23(28)29/h6-7,9-10H,8H2,1-5H3,(H,26,27). The Kier molecular flexibility index (Phi) is 7.88. The van der Waals surface area contributed by atoms with E-state index in [2.05, 4.69) is 14.9 Å². The van der Waals surface area contributed by atoms with Crippen LogP contribution in [0.15, 0.2) is 12.1 Å². The molecule has 178 valence electrons. The van der Waals surface area contributed by atoms with Gasteiger partial charge in [-0.05, 0) is 6.92 Å². The fourth-order valence-electron chi connectivity index (χ4n) is 2.68. The zero-order chi connectivity index (χ0) is 24.9. The Morgan fingerprint density at radius 2 is 1.73 bits per heavy atom. The highest BCUT2D eigenvalue weighted by Gasteiger charge is 2.32. The second kappa shape index (κ2) is 10.4. The first-order chi connectivity index (χ1) is 15.5. The molecule has 0 spiro atoms. The van der Waals surface area contributed by atoms with Crippen molar-refractivity contribution in [1.29, 1.82) is 0 Å². The number of rotatable bonds is 10. The van der Waals surface area contributed by atoms with E-state index in [1.807, 2.05) is 0 Å². The van der Waals surface area contributed by atoms with Gasteiger partial charge in [0.15, 0.2) is 17.2 Å². The minimum Gasteiger partial charge on any atom is -0.493 e. The molecule has 0 saturated carbocycles. The Hall–Kier alpha value is -4.23. The van der Waals surface area contributed by atoms with E-state index in [9.17, 15) is 24.5 Å². The molecule has 0 amide bonds. The van der Waals surface area contributed by atoms with Gasteiger partial charge in [0.2, 0.25) is 12.5 Å². The highest BCUT2D eigenvalue weighted by atomic mass is 16.7. The summed E-state index contributed by atoms with van der Waals surface area (Å²) in [5.41, 5.74) is -1.67. The lowest BCUT2D eigenvalue weighted by Crippen LogP contribution is -2.16. The molecule has 0 saturated heterocycles. The summed E-state index contributed by atoms with van der Waals surface area (Å²) in [5.74, 6) is -1.90. The van der Waals surface area contributed by atoms with Gasteiger partial charge in [-0.2, -0.15) is 5.10 Å². The van der Waals surface area contributed by atoms with Gasteiger partial charge >= 0.3 is 12.1 Å². The van der Waals surface area contributed by atoms with Crippen molar-refractivity contribution in [2.75, 3.05) is 14.2 Å². The van der Waals surface area contributed by atoms with Gasteiger partial charge in [-0.3, -0.25) is 19.7 Å². The third-order valence-corrected chi connectivity index (χ3v) is 4.30. The Morgan fingerprint density at radius 1 is 1.12 bits per heavy atom. The number of ether oxygens (including phenoxy) is 4. The Bertz CT molecular complexity index is 1080. The number of ketones is 1. The van der Waals surface area contributed by atoms with E-state index in [1.165, 1.54) is 21.1 Å². The van der Waals surface area contributed by atoms with Crippen molar-refractivity contribution in [3.05, 3.63) is 39.2 Å². The van der Waals surface area contributed by atoms with Crippen molar-refractivity contribution in [3.63, 3.8) is 0 Å². The van der Waals surface area contributed by atoms with Crippen LogP contribution in [-0.2, 0) is 21.0 Å². The minimum atomic E-state index is -1.64. The lowest BCUT2D eigenvalue weighted by molar-refractivity contribution is -0.385. The molecule has 0 radical (unpaired) electrons. The average Bonchev–Trinajstić information content (AvgIpc) is 3.19. The summed E-state index contributed by atoms with van der Waals surface area (Å²) in [6.45, 7) is 4.03. The van der Waals surface area contributed by atoms with E-state index in [0.29, 0.717) is 0 Å². The molecular weight excluding hydrogens is 444 g/mol. The number of nitro groups is 1. The van der Waals surface area contributed by atoms with Crippen LogP contribution in [0.3, 0.4) is 0 Å². The number of aromatic nitrogens is 3. The van der Waals surface area contributed by atoms with Crippen molar-refractivity contribution in [2.45, 2.75) is 33.6 Å². The highest BCUT2D eigenvalue weighted by Crippen LogP contribution is 2.36. The maximum Gasteiger partial charge on any atom is 0.506 e. The van der Waals surface area contributed by atoms with Gasteiger partial charge in [0.1, 0.15) is 17.4 Å². The maximum absolute atomic E-state index is 13.3. The zero-order valence-corrected chi connectivity index (χ0v) is 18.4. The number of carbonyl (C=O) groups excluding carboxylic acids is 2. The van der Waals surface area contributed by atoms with E-state index in [1.54, 1.807) is 13.8 Å². The monoisotopic (exact) mass is 466 g/mol. The predicted octanol–water partition coefficient (Wildman–Crippen LogP) is 2.35. The van der Waals surface area contributed by atoms with Crippen LogP contribution >= 0.6 is 0 Å². The molecule has 33 heavy (non-hydrogen) atoms. The van der Waals surface area contributed by atoms with Crippen LogP contribution in [-0.4, -0.2) is 57.2 Å². The van der Waals surface area contributed by atoms with Crippen LogP contribution in [0.4, 0.5) is 10.5 Å². The first kappa shape index (κ1) is 25.0. The predicted molar refractivity (Wildman–Crippen MR) is 108 cm³/mol. The number of benzene rings is 1. The second-order valence-electron chi connectivity index (χ2n) is 6.89. The summed E-state index contributed by atoms with van der Waals surface area (Å²) in [6.07, 6.45) is -2.91. The van der Waals surface area contributed by atoms with Crippen LogP contribution in [0, 0.1) is 16.0 Å². The molecule has 14 heteroatoms. The normalized spacial score (nSPS) is 11.6. The van der Waals surface area contributed by atoms with Crippen LogP contribution in [0.2, 0.25) is 0 Å². The zero-order valence-electron chi connectivity index (χ0n) is 18.4. The molecule has 0 aliphatic rings. The molecule has 0 fully saturated rings. The Labute approximate surface area is 187 Å². The van der Waals surface area contributed by atoms with Crippen molar-refractivity contribution in [3.8, 4) is 11.5 Å². The number of hydrogen-bond acceptors (Lipinski definition) is 11. The third kappa shape index (κ3) is 5.72. The number of esters is 1. The Balaban J connectivity index is 2.59. The molecule has 1 N–H and O–H groups in total. The molecule has 1 aromatic heterocycles. The van der Waals surface area contributed by atoms with Gasteiger partial charge in [0.25, 0.3) is 5.69 Å². The summed E-state index contributed by atoms with van der Waals surface area (Å²) >= 11 is 0. The van der Waals surface area contributed by atoms with Gasteiger partial charge in [-0.1, -0.05) is 13.8 Å². The average molecular weight is 466 g/mol. The number of nitro benzene ring substituents is 1. The molecular formula is C19H22N4O10. The molecule has 0 aliphatic carbocycles. The largest absolute Gasteiger partial charge is 0.506 e. The number of methoxy groups -OCH3 is 2. The molecule has 2 rings (SSSR count). The number of nitrogens with zero attached hydrogens (tertiary/aromatic N) is 4. The van der Waals surface area contributed by atoms with Crippen LogP contribution in [0.5, 0.6) is 11.5 Å². The van der Waals surface area contributed by atoms with E-state index in [4.69, 9.17) is 19.3 Å². The Morgan fingerprint density at radius 3 is 2.24 bits per heavy atom. The van der Waals surface area contributed by atoms with Gasteiger partial charge in [-0.25, -0.2) is 4.79 Å². The van der Waals surface area contributed by atoms with Crippen molar-refractivity contribution < 1.29 is 43.4 Å². The molecule has 1 unspecified atom stereocenters. The lowest BCUT2D eigenvalue weighted by atomic mass is 10.0. The molecule has 14 nitrogen and oxygen atoms in total. The topological polar surface area (TPSA) is 182 Å². The molecule has 0 bridgehead atoms. The molecule has 0 aliphatic heterocycles. The molecule has 2 aromatic rings. The van der Waals surface area contributed by atoms with Crippen LogP contribution < -0.4 is 9.47 Å².